The average Bonchev–Trinajstić information content (AvgIpc) is 2.72. The molecule has 0 aliphatic carbocycles. The molecule has 0 saturated carbocycles. The molecule has 88 valence electrons. The number of rotatable bonds is 4. The molecule has 2 heterocycles. The van der Waals surface area contributed by atoms with Crippen LogP contribution in [0.2, 0.25) is 0 Å². The highest BCUT2D eigenvalue weighted by Crippen LogP contribution is 2.07. The summed E-state index contributed by atoms with van der Waals surface area (Å²) in [7, 11) is 0. The van der Waals surface area contributed by atoms with Crippen LogP contribution in [0.4, 0.5) is 0 Å². The van der Waals surface area contributed by atoms with E-state index >= 15 is 0 Å². The molecule has 0 amide bonds. The van der Waals surface area contributed by atoms with Crippen molar-refractivity contribution in [2.45, 2.75) is 13.1 Å². The van der Waals surface area contributed by atoms with Crippen LogP contribution in [-0.2, 0) is 13.1 Å². The average molecular weight is 277 g/mol. The smallest absolute Gasteiger partial charge is 0.0312 e. The van der Waals surface area contributed by atoms with Gasteiger partial charge in [0.15, 0.2) is 0 Å². The maximum absolute atomic E-state index is 4.06. The first-order valence-electron chi connectivity index (χ1n) is 4.57. The standard InChI is InChI=1S/C11H12N2S.2ClH/c1-3-10(7-12-5-1)8-13-9-11-4-2-6-14-11;;/h1-7,13H,8-9H2;2*1H. The number of aromatic nitrogens is 1. The van der Waals surface area contributed by atoms with Gasteiger partial charge in [-0.3, -0.25) is 4.98 Å². The molecule has 0 radical (unpaired) electrons. The van der Waals surface area contributed by atoms with Gasteiger partial charge in [-0.1, -0.05) is 12.1 Å². The molecule has 2 rings (SSSR count). The van der Waals surface area contributed by atoms with E-state index in [1.54, 1.807) is 17.5 Å². The van der Waals surface area contributed by atoms with Crippen molar-refractivity contribution < 1.29 is 0 Å². The largest absolute Gasteiger partial charge is 0.308 e. The number of nitrogens with zero attached hydrogens (tertiary/aromatic N) is 1. The molecule has 0 aliphatic heterocycles. The fraction of sp³-hybridized carbons (Fsp3) is 0.182. The van der Waals surface area contributed by atoms with Crippen molar-refractivity contribution in [3.05, 3.63) is 52.5 Å². The van der Waals surface area contributed by atoms with Crippen LogP contribution in [-0.4, -0.2) is 4.98 Å². The summed E-state index contributed by atoms with van der Waals surface area (Å²) in [5.74, 6) is 0. The summed E-state index contributed by atoms with van der Waals surface area (Å²) in [6.07, 6.45) is 3.68. The van der Waals surface area contributed by atoms with Crippen LogP contribution < -0.4 is 5.32 Å². The van der Waals surface area contributed by atoms with E-state index in [4.69, 9.17) is 0 Å². The third-order valence-corrected chi connectivity index (χ3v) is 2.81. The highest BCUT2D eigenvalue weighted by molar-refractivity contribution is 7.09. The van der Waals surface area contributed by atoms with Gasteiger partial charge in [-0.05, 0) is 23.1 Å². The lowest BCUT2D eigenvalue weighted by atomic mass is 10.3. The summed E-state index contributed by atoms with van der Waals surface area (Å²) in [6.45, 7) is 1.82. The molecule has 5 heteroatoms. The minimum Gasteiger partial charge on any atom is -0.308 e. The molecule has 0 spiro atoms. The van der Waals surface area contributed by atoms with Gasteiger partial charge in [0, 0.05) is 30.4 Å². The summed E-state index contributed by atoms with van der Waals surface area (Å²) in [6, 6.07) is 8.25. The summed E-state index contributed by atoms with van der Waals surface area (Å²) in [5.41, 5.74) is 1.23. The van der Waals surface area contributed by atoms with Gasteiger partial charge >= 0.3 is 0 Å². The minimum atomic E-state index is 0. The van der Waals surface area contributed by atoms with Gasteiger partial charge in [0.1, 0.15) is 0 Å². The second-order valence-corrected chi connectivity index (χ2v) is 4.08. The number of thiophene rings is 1. The number of nitrogens with one attached hydrogen (secondary N) is 1. The lowest BCUT2D eigenvalue weighted by Gasteiger charge is -2.01. The van der Waals surface area contributed by atoms with E-state index in [1.807, 2.05) is 12.3 Å². The van der Waals surface area contributed by atoms with Crippen LogP contribution >= 0.6 is 36.2 Å². The third kappa shape index (κ3) is 4.94. The normalized spacial score (nSPS) is 9.00. The summed E-state index contributed by atoms with van der Waals surface area (Å²) < 4.78 is 0. The Morgan fingerprint density at radius 2 is 2.00 bits per heavy atom. The Kier molecular flexibility index (Phi) is 8.21. The number of hydrogen-bond donors (Lipinski definition) is 1. The predicted octanol–water partition coefficient (Wildman–Crippen LogP) is 3.28. The molecule has 0 atom stereocenters. The topological polar surface area (TPSA) is 24.9 Å². The Bertz CT molecular complexity index is 365. The van der Waals surface area contributed by atoms with Crippen LogP contribution in [0.5, 0.6) is 0 Å². The van der Waals surface area contributed by atoms with Crippen molar-refractivity contribution in [3.8, 4) is 0 Å². The van der Waals surface area contributed by atoms with Crippen molar-refractivity contribution in [3.63, 3.8) is 0 Å². The van der Waals surface area contributed by atoms with Crippen molar-refractivity contribution in [1.82, 2.24) is 10.3 Å². The van der Waals surface area contributed by atoms with E-state index in [1.165, 1.54) is 10.4 Å². The highest BCUT2D eigenvalue weighted by Gasteiger charge is 1.93. The Labute approximate surface area is 112 Å². The summed E-state index contributed by atoms with van der Waals surface area (Å²) in [5, 5.41) is 5.47. The van der Waals surface area contributed by atoms with Gasteiger partial charge in [0.2, 0.25) is 0 Å². The maximum Gasteiger partial charge on any atom is 0.0312 e. The van der Waals surface area contributed by atoms with Gasteiger partial charge in [-0.25, -0.2) is 0 Å². The zero-order valence-corrected chi connectivity index (χ0v) is 11.1. The Morgan fingerprint density at radius 3 is 2.62 bits per heavy atom. The van der Waals surface area contributed by atoms with Gasteiger partial charge < -0.3 is 5.32 Å². The third-order valence-electron chi connectivity index (χ3n) is 1.93. The van der Waals surface area contributed by atoms with Crippen LogP contribution in [0.3, 0.4) is 0 Å². The minimum absolute atomic E-state index is 0. The van der Waals surface area contributed by atoms with Crippen LogP contribution in [0, 0.1) is 0 Å². The molecule has 2 aromatic heterocycles. The lowest BCUT2D eigenvalue weighted by Crippen LogP contribution is -2.11. The fourth-order valence-electron chi connectivity index (χ4n) is 1.25. The van der Waals surface area contributed by atoms with Crippen molar-refractivity contribution in [2.75, 3.05) is 0 Å². The molecule has 2 nitrogen and oxygen atoms in total. The molecule has 0 aromatic carbocycles. The first-order chi connectivity index (χ1) is 6.95. The molecule has 0 fully saturated rings. The number of hydrogen-bond acceptors (Lipinski definition) is 3. The molecule has 0 bridgehead atoms. The van der Waals surface area contributed by atoms with Crippen molar-refractivity contribution in [1.29, 1.82) is 0 Å². The Balaban J connectivity index is 0.00000112. The molecule has 0 aliphatic rings. The summed E-state index contributed by atoms with van der Waals surface area (Å²) in [4.78, 5) is 5.43. The van der Waals surface area contributed by atoms with E-state index in [0.29, 0.717) is 0 Å². The fourth-order valence-corrected chi connectivity index (χ4v) is 1.92. The molecule has 1 N–H and O–H groups in total. The zero-order chi connectivity index (χ0) is 9.64. The SMILES string of the molecule is Cl.Cl.c1cncc(CNCc2cccs2)c1. The first kappa shape index (κ1) is 15.4. The monoisotopic (exact) mass is 276 g/mol. The van der Waals surface area contributed by atoms with Crippen molar-refractivity contribution >= 4 is 36.2 Å². The predicted molar refractivity (Wildman–Crippen MR) is 73.6 cm³/mol. The van der Waals surface area contributed by atoms with Crippen LogP contribution in [0.15, 0.2) is 42.0 Å². The molecule has 0 saturated heterocycles. The van der Waals surface area contributed by atoms with E-state index in [0.717, 1.165) is 13.1 Å². The van der Waals surface area contributed by atoms with E-state index < -0.39 is 0 Å². The highest BCUT2D eigenvalue weighted by atomic mass is 35.5. The molecular weight excluding hydrogens is 263 g/mol. The van der Waals surface area contributed by atoms with Gasteiger partial charge in [0.25, 0.3) is 0 Å². The first-order valence-corrected chi connectivity index (χ1v) is 5.45. The zero-order valence-electron chi connectivity index (χ0n) is 8.63. The van der Waals surface area contributed by atoms with Gasteiger partial charge in [-0.2, -0.15) is 0 Å². The quantitative estimate of drug-likeness (QED) is 0.927. The molecule has 16 heavy (non-hydrogen) atoms. The van der Waals surface area contributed by atoms with Gasteiger partial charge in [-0.15, -0.1) is 36.2 Å². The second-order valence-electron chi connectivity index (χ2n) is 3.04. The van der Waals surface area contributed by atoms with Crippen LogP contribution in [0.25, 0.3) is 0 Å². The van der Waals surface area contributed by atoms with Gasteiger partial charge in [0.05, 0.1) is 0 Å². The number of halogens is 2. The Morgan fingerprint density at radius 1 is 1.12 bits per heavy atom. The second kappa shape index (κ2) is 8.53. The maximum atomic E-state index is 4.06. The Hall–Kier alpha value is -0.610. The molecule has 2 aromatic rings. The van der Waals surface area contributed by atoms with Crippen molar-refractivity contribution in [2.24, 2.45) is 0 Å². The van der Waals surface area contributed by atoms with E-state index in [9.17, 15) is 0 Å². The van der Waals surface area contributed by atoms with E-state index in [2.05, 4.69) is 33.9 Å². The summed E-state index contributed by atoms with van der Waals surface area (Å²) >= 11 is 1.78. The van der Waals surface area contributed by atoms with Crippen LogP contribution in [0.1, 0.15) is 10.4 Å². The van der Waals surface area contributed by atoms with E-state index in [-0.39, 0.29) is 24.8 Å². The number of pyridine rings is 1. The molecule has 0 unspecified atom stereocenters. The lowest BCUT2D eigenvalue weighted by molar-refractivity contribution is 0.699. The molecular formula is C11H14Cl2N2S.